The van der Waals surface area contributed by atoms with Crippen LogP contribution in [0.25, 0.3) is 0 Å². The van der Waals surface area contributed by atoms with Crippen LogP contribution in [0.15, 0.2) is 52.8 Å². The summed E-state index contributed by atoms with van der Waals surface area (Å²) in [6, 6.07) is 8.66. The zero-order valence-corrected chi connectivity index (χ0v) is 11.3. The quantitative estimate of drug-likeness (QED) is 0.481. The van der Waals surface area contributed by atoms with E-state index in [1.165, 1.54) is 6.92 Å². The van der Waals surface area contributed by atoms with E-state index in [9.17, 15) is 9.59 Å². The number of carbonyl (C=O) groups is 2. The SMILES string of the molecule is C=C(C)C(=O)ON(N=Nc1ccccc1)C(=O)OCC. The summed E-state index contributed by atoms with van der Waals surface area (Å²) in [7, 11) is 0. The summed E-state index contributed by atoms with van der Waals surface area (Å²) in [4.78, 5) is 27.7. The second-order valence-corrected chi connectivity index (χ2v) is 3.66. The molecule has 0 atom stereocenters. The highest BCUT2D eigenvalue weighted by molar-refractivity contribution is 5.87. The van der Waals surface area contributed by atoms with E-state index in [1.54, 1.807) is 31.2 Å². The minimum Gasteiger partial charge on any atom is -0.446 e. The van der Waals surface area contributed by atoms with Crippen LogP contribution >= 0.6 is 0 Å². The molecule has 1 rings (SSSR count). The van der Waals surface area contributed by atoms with E-state index in [1.807, 2.05) is 6.07 Å². The molecule has 0 saturated carbocycles. The molecule has 7 nitrogen and oxygen atoms in total. The predicted molar refractivity (Wildman–Crippen MR) is 70.7 cm³/mol. The molecule has 0 aliphatic heterocycles. The number of rotatable bonds is 4. The lowest BCUT2D eigenvalue weighted by Crippen LogP contribution is -2.29. The third-order valence-corrected chi connectivity index (χ3v) is 1.94. The number of hydrogen-bond acceptors (Lipinski definition) is 6. The van der Waals surface area contributed by atoms with Gasteiger partial charge in [0.2, 0.25) is 0 Å². The number of carbonyl (C=O) groups excluding carboxylic acids is 2. The van der Waals surface area contributed by atoms with Crippen LogP contribution in [0.4, 0.5) is 10.5 Å². The van der Waals surface area contributed by atoms with Gasteiger partial charge >= 0.3 is 12.1 Å². The van der Waals surface area contributed by atoms with Crippen molar-refractivity contribution in [2.24, 2.45) is 10.3 Å². The maximum atomic E-state index is 11.6. The zero-order chi connectivity index (χ0) is 15.0. The van der Waals surface area contributed by atoms with Crippen molar-refractivity contribution in [3.05, 3.63) is 42.5 Å². The molecule has 0 aliphatic carbocycles. The van der Waals surface area contributed by atoms with Gasteiger partial charge in [-0.1, -0.05) is 24.8 Å². The second-order valence-electron chi connectivity index (χ2n) is 3.66. The Bertz CT molecular complexity index is 514. The molecule has 1 aromatic rings. The summed E-state index contributed by atoms with van der Waals surface area (Å²) in [6.07, 6.45) is -0.943. The number of ether oxygens (including phenoxy) is 1. The van der Waals surface area contributed by atoms with E-state index in [-0.39, 0.29) is 12.2 Å². The lowest BCUT2D eigenvalue weighted by molar-refractivity contribution is -0.178. The van der Waals surface area contributed by atoms with Crippen LogP contribution in [0.3, 0.4) is 0 Å². The van der Waals surface area contributed by atoms with Gasteiger partial charge in [0.25, 0.3) is 0 Å². The zero-order valence-electron chi connectivity index (χ0n) is 11.3. The first-order valence-electron chi connectivity index (χ1n) is 5.86. The van der Waals surface area contributed by atoms with Crippen LogP contribution < -0.4 is 0 Å². The van der Waals surface area contributed by atoms with Crippen LogP contribution in [0, 0.1) is 0 Å². The van der Waals surface area contributed by atoms with Crippen LogP contribution in [0.1, 0.15) is 13.8 Å². The minimum atomic E-state index is -0.943. The molecule has 20 heavy (non-hydrogen) atoms. The van der Waals surface area contributed by atoms with Crippen molar-refractivity contribution < 1.29 is 19.2 Å². The van der Waals surface area contributed by atoms with Crippen LogP contribution in [0.5, 0.6) is 0 Å². The van der Waals surface area contributed by atoms with Crippen LogP contribution in [-0.4, -0.2) is 23.8 Å². The Morgan fingerprint density at radius 1 is 1.30 bits per heavy atom. The maximum Gasteiger partial charge on any atom is 0.467 e. The monoisotopic (exact) mass is 277 g/mol. The van der Waals surface area contributed by atoms with E-state index in [2.05, 4.69) is 16.9 Å². The van der Waals surface area contributed by atoms with Crippen LogP contribution in [0.2, 0.25) is 0 Å². The fraction of sp³-hybridized carbons (Fsp3) is 0.231. The molecule has 1 amide bonds. The lowest BCUT2D eigenvalue weighted by atomic mass is 10.3. The van der Waals surface area contributed by atoms with Crippen molar-refractivity contribution >= 4 is 17.7 Å². The van der Waals surface area contributed by atoms with Gasteiger partial charge < -0.3 is 9.57 Å². The van der Waals surface area contributed by atoms with Gasteiger partial charge in [0, 0.05) is 10.7 Å². The summed E-state index contributed by atoms with van der Waals surface area (Å²) in [5.74, 6) is -0.801. The Balaban J connectivity index is 2.82. The van der Waals surface area contributed by atoms with Gasteiger partial charge in [0.05, 0.1) is 12.3 Å². The molecule has 0 spiro atoms. The topological polar surface area (TPSA) is 80.6 Å². The standard InChI is InChI=1S/C13H15N3O4/c1-4-19-13(18)16(20-12(17)10(2)3)15-14-11-8-6-5-7-9-11/h5-9H,2,4H2,1,3H3. The summed E-state index contributed by atoms with van der Waals surface area (Å²) in [5.41, 5.74) is 0.613. The Hall–Kier alpha value is -2.70. The number of hydroxylamine groups is 1. The maximum absolute atomic E-state index is 11.6. The average molecular weight is 277 g/mol. The van der Waals surface area contributed by atoms with Crippen molar-refractivity contribution in [3.8, 4) is 0 Å². The molecular weight excluding hydrogens is 262 g/mol. The second kappa shape index (κ2) is 7.67. The molecule has 0 N–H and O–H groups in total. The molecule has 0 radical (unpaired) electrons. The Labute approximate surface area is 116 Å². The van der Waals surface area contributed by atoms with E-state index in [4.69, 9.17) is 9.57 Å². The fourth-order valence-electron chi connectivity index (χ4n) is 1.01. The van der Waals surface area contributed by atoms with Gasteiger partial charge in [0.15, 0.2) is 0 Å². The van der Waals surface area contributed by atoms with Crippen molar-refractivity contribution in [2.75, 3.05) is 6.61 Å². The minimum absolute atomic E-state index is 0.112. The summed E-state index contributed by atoms with van der Waals surface area (Å²) < 4.78 is 4.70. The molecule has 7 heteroatoms. The van der Waals surface area contributed by atoms with E-state index >= 15 is 0 Å². The van der Waals surface area contributed by atoms with Crippen molar-refractivity contribution in [1.82, 2.24) is 5.17 Å². The van der Waals surface area contributed by atoms with E-state index in [0.717, 1.165) is 0 Å². The van der Waals surface area contributed by atoms with Crippen molar-refractivity contribution in [2.45, 2.75) is 13.8 Å². The first kappa shape index (κ1) is 15.4. The van der Waals surface area contributed by atoms with Gasteiger partial charge in [-0.15, -0.1) is 5.11 Å². The molecule has 1 aromatic carbocycles. The lowest BCUT2D eigenvalue weighted by Gasteiger charge is -2.13. The smallest absolute Gasteiger partial charge is 0.446 e. The van der Waals surface area contributed by atoms with Gasteiger partial charge in [-0.3, -0.25) is 0 Å². The fourth-order valence-corrected chi connectivity index (χ4v) is 1.01. The third kappa shape index (κ3) is 4.89. The molecule has 0 saturated heterocycles. The molecule has 0 aromatic heterocycles. The largest absolute Gasteiger partial charge is 0.467 e. The number of benzene rings is 1. The summed E-state index contributed by atoms with van der Waals surface area (Å²) in [6.45, 7) is 6.58. The van der Waals surface area contributed by atoms with Gasteiger partial charge in [0.1, 0.15) is 0 Å². The molecule has 0 fully saturated rings. The molecule has 0 bridgehead atoms. The highest BCUT2D eigenvalue weighted by atomic mass is 16.8. The molecule has 0 heterocycles. The number of amides is 1. The highest BCUT2D eigenvalue weighted by Crippen LogP contribution is 2.12. The Morgan fingerprint density at radius 2 is 1.95 bits per heavy atom. The van der Waals surface area contributed by atoms with E-state index in [0.29, 0.717) is 10.9 Å². The first-order chi connectivity index (χ1) is 9.54. The van der Waals surface area contributed by atoms with E-state index < -0.39 is 12.1 Å². The Kier molecular flexibility index (Phi) is 5.89. The van der Waals surface area contributed by atoms with Crippen LogP contribution in [-0.2, 0) is 14.4 Å². The summed E-state index contributed by atoms with van der Waals surface area (Å²) >= 11 is 0. The van der Waals surface area contributed by atoms with Crippen molar-refractivity contribution in [1.29, 1.82) is 0 Å². The third-order valence-electron chi connectivity index (χ3n) is 1.94. The molecule has 0 unspecified atom stereocenters. The summed E-state index contributed by atoms with van der Waals surface area (Å²) in [5, 5.41) is 7.68. The molecule has 106 valence electrons. The molecular formula is C13H15N3O4. The van der Waals surface area contributed by atoms with Gasteiger partial charge in [-0.25, -0.2) is 9.59 Å². The number of nitrogens with zero attached hydrogens (tertiary/aromatic N) is 3. The predicted octanol–water partition coefficient (Wildman–Crippen LogP) is 3.18. The molecule has 0 aliphatic rings. The van der Waals surface area contributed by atoms with Gasteiger partial charge in [-0.2, -0.15) is 0 Å². The highest BCUT2D eigenvalue weighted by Gasteiger charge is 2.20. The first-order valence-corrected chi connectivity index (χ1v) is 5.86. The average Bonchev–Trinajstić information content (AvgIpc) is 2.44. The normalized spacial score (nSPS) is 10.1. The van der Waals surface area contributed by atoms with Crippen molar-refractivity contribution in [3.63, 3.8) is 0 Å². The Morgan fingerprint density at radius 3 is 2.50 bits per heavy atom. The number of hydrogen-bond donors (Lipinski definition) is 0. The van der Waals surface area contributed by atoms with Gasteiger partial charge in [-0.05, 0) is 31.2 Å².